The van der Waals surface area contributed by atoms with E-state index in [4.69, 9.17) is 26.6 Å². The summed E-state index contributed by atoms with van der Waals surface area (Å²) in [6.07, 6.45) is 2.54. The van der Waals surface area contributed by atoms with Crippen LogP contribution in [0.1, 0.15) is 29.3 Å². The van der Waals surface area contributed by atoms with Crippen molar-refractivity contribution in [1.82, 2.24) is 15.1 Å². The molecule has 3 aromatic rings. The molecule has 122 valence electrons. The van der Waals surface area contributed by atoms with Gasteiger partial charge in [0.25, 0.3) is 5.89 Å². The number of halogens is 1. The van der Waals surface area contributed by atoms with Crippen LogP contribution in [-0.2, 0) is 4.74 Å². The molecule has 8 heteroatoms. The van der Waals surface area contributed by atoms with Crippen molar-refractivity contribution in [2.45, 2.75) is 13.0 Å². The lowest BCUT2D eigenvalue weighted by molar-refractivity contribution is 0.0265. The van der Waals surface area contributed by atoms with Crippen molar-refractivity contribution in [3.05, 3.63) is 59.2 Å². The first kappa shape index (κ1) is 15.9. The summed E-state index contributed by atoms with van der Waals surface area (Å²) in [5.41, 5.74) is 6.98. The van der Waals surface area contributed by atoms with Gasteiger partial charge in [0.2, 0.25) is 5.82 Å². The lowest BCUT2D eigenvalue weighted by atomic mass is 10.2. The molecule has 0 fully saturated rings. The molecule has 0 aliphatic heterocycles. The molecule has 2 heterocycles. The number of ether oxygens (including phenoxy) is 1. The van der Waals surface area contributed by atoms with Crippen molar-refractivity contribution in [3.63, 3.8) is 0 Å². The molecule has 24 heavy (non-hydrogen) atoms. The molecule has 1 atom stereocenters. The second-order valence-electron chi connectivity index (χ2n) is 4.98. The van der Waals surface area contributed by atoms with Crippen LogP contribution >= 0.6 is 11.6 Å². The third-order valence-corrected chi connectivity index (χ3v) is 3.57. The fourth-order valence-electron chi connectivity index (χ4n) is 1.96. The van der Waals surface area contributed by atoms with Crippen LogP contribution in [0.3, 0.4) is 0 Å². The average molecular weight is 345 g/mol. The van der Waals surface area contributed by atoms with E-state index >= 15 is 0 Å². The van der Waals surface area contributed by atoms with E-state index in [1.165, 1.54) is 18.2 Å². The Labute approximate surface area is 142 Å². The van der Waals surface area contributed by atoms with Gasteiger partial charge < -0.3 is 15.0 Å². The van der Waals surface area contributed by atoms with Crippen molar-refractivity contribution in [3.8, 4) is 11.4 Å². The fraction of sp³-hybridized carbons (Fsp3) is 0.125. The van der Waals surface area contributed by atoms with Crippen molar-refractivity contribution in [2.75, 3.05) is 5.73 Å². The van der Waals surface area contributed by atoms with Crippen molar-refractivity contribution in [1.29, 1.82) is 0 Å². The van der Waals surface area contributed by atoms with Crippen LogP contribution in [0, 0.1) is 0 Å². The van der Waals surface area contributed by atoms with E-state index in [0.29, 0.717) is 22.1 Å². The second kappa shape index (κ2) is 6.67. The fourth-order valence-corrected chi connectivity index (χ4v) is 2.08. The summed E-state index contributed by atoms with van der Waals surface area (Å²) in [4.78, 5) is 20.4. The molecule has 0 aliphatic carbocycles. The van der Waals surface area contributed by atoms with E-state index in [1.54, 1.807) is 31.5 Å². The minimum atomic E-state index is -0.715. The second-order valence-corrected chi connectivity index (χ2v) is 5.39. The number of esters is 1. The lowest BCUT2D eigenvalue weighted by Crippen LogP contribution is -2.10. The number of anilines is 1. The van der Waals surface area contributed by atoms with Crippen LogP contribution in [0.25, 0.3) is 11.4 Å². The summed E-state index contributed by atoms with van der Waals surface area (Å²) in [6, 6.07) is 8.08. The number of benzene rings is 1. The van der Waals surface area contributed by atoms with E-state index in [2.05, 4.69) is 15.1 Å². The number of pyridine rings is 1. The van der Waals surface area contributed by atoms with Crippen LogP contribution < -0.4 is 5.73 Å². The Morgan fingerprint density at radius 1 is 1.38 bits per heavy atom. The summed E-state index contributed by atoms with van der Waals surface area (Å²) in [5, 5.41) is 4.23. The third-order valence-electron chi connectivity index (χ3n) is 3.22. The molecular weight excluding hydrogens is 332 g/mol. The Hall–Kier alpha value is -2.93. The molecule has 7 nitrogen and oxygen atoms in total. The summed E-state index contributed by atoms with van der Waals surface area (Å²) in [7, 11) is 0. The summed E-state index contributed by atoms with van der Waals surface area (Å²) >= 11 is 5.83. The molecule has 1 unspecified atom stereocenters. The minimum Gasteiger partial charge on any atom is -0.449 e. The monoisotopic (exact) mass is 344 g/mol. The first-order chi connectivity index (χ1) is 11.5. The Balaban J connectivity index is 1.73. The Bertz CT molecular complexity index is 867. The molecule has 3 rings (SSSR count). The Kier molecular flexibility index (Phi) is 4.43. The molecular formula is C16H13ClN4O3. The van der Waals surface area contributed by atoms with Crippen molar-refractivity contribution in [2.24, 2.45) is 0 Å². The highest BCUT2D eigenvalue weighted by Crippen LogP contribution is 2.23. The van der Waals surface area contributed by atoms with Crippen LogP contribution in [0.5, 0.6) is 0 Å². The van der Waals surface area contributed by atoms with Gasteiger partial charge in [-0.05, 0) is 37.3 Å². The highest BCUT2D eigenvalue weighted by Gasteiger charge is 2.20. The number of nitrogen functional groups attached to an aromatic ring is 1. The summed E-state index contributed by atoms with van der Waals surface area (Å²) < 4.78 is 10.5. The van der Waals surface area contributed by atoms with Crippen LogP contribution in [0.4, 0.5) is 5.69 Å². The molecule has 0 aliphatic rings. The maximum atomic E-state index is 12.1. The van der Waals surface area contributed by atoms with Gasteiger partial charge >= 0.3 is 5.97 Å². The lowest BCUT2D eigenvalue weighted by Gasteiger charge is -2.09. The molecule has 2 aromatic heterocycles. The van der Waals surface area contributed by atoms with Gasteiger partial charge in [0.05, 0.1) is 16.3 Å². The normalized spacial score (nSPS) is 11.9. The molecule has 0 saturated carbocycles. The SMILES string of the molecule is CC(OC(=O)c1ccc(Cl)c(N)c1)c1nc(-c2cccnc2)no1. The van der Waals surface area contributed by atoms with Gasteiger partial charge in [-0.25, -0.2) is 4.79 Å². The van der Waals surface area contributed by atoms with Crippen LogP contribution in [0.15, 0.2) is 47.2 Å². The van der Waals surface area contributed by atoms with E-state index in [0.717, 1.165) is 0 Å². The maximum Gasteiger partial charge on any atom is 0.338 e. The van der Waals surface area contributed by atoms with Gasteiger partial charge in [-0.3, -0.25) is 4.98 Å². The Morgan fingerprint density at radius 2 is 2.21 bits per heavy atom. The van der Waals surface area contributed by atoms with Gasteiger partial charge in [0.1, 0.15) is 0 Å². The van der Waals surface area contributed by atoms with E-state index in [9.17, 15) is 4.79 Å². The molecule has 0 amide bonds. The maximum absolute atomic E-state index is 12.1. The predicted octanol–water partition coefficient (Wildman–Crippen LogP) is 3.29. The number of carbonyl (C=O) groups is 1. The number of carbonyl (C=O) groups excluding carboxylic acids is 1. The zero-order valence-corrected chi connectivity index (χ0v) is 13.4. The summed E-state index contributed by atoms with van der Waals surface area (Å²) in [6.45, 7) is 1.64. The van der Waals surface area contributed by atoms with Gasteiger partial charge in [-0.2, -0.15) is 4.98 Å². The molecule has 0 spiro atoms. The number of hydrogen-bond acceptors (Lipinski definition) is 7. The third kappa shape index (κ3) is 3.36. The quantitative estimate of drug-likeness (QED) is 0.572. The number of nitrogens with two attached hydrogens (primary N) is 1. The van der Waals surface area contributed by atoms with Crippen molar-refractivity contribution < 1.29 is 14.1 Å². The first-order valence-electron chi connectivity index (χ1n) is 7.04. The highest BCUT2D eigenvalue weighted by atomic mass is 35.5. The molecule has 0 radical (unpaired) electrons. The molecule has 2 N–H and O–H groups in total. The topological polar surface area (TPSA) is 104 Å². The predicted molar refractivity (Wildman–Crippen MR) is 87.2 cm³/mol. The minimum absolute atomic E-state index is 0.184. The van der Waals surface area contributed by atoms with E-state index in [1.807, 2.05) is 0 Å². The molecule has 0 bridgehead atoms. The summed E-state index contributed by atoms with van der Waals surface area (Å²) in [5.74, 6) is -0.00660. The number of rotatable bonds is 4. The van der Waals surface area contributed by atoms with Gasteiger partial charge in [0, 0.05) is 18.0 Å². The van der Waals surface area contributed by atoms with E-state index < -0.39 is 12.1 Å². The van der Waals surface area contributed by atoms with Crippen molar-refractivity contribution >= 4 is 23.3 Å². The zero-order valence-electron chi connectivity index (χ0n) is 12.6. The van der Waals surface area contributed by atoms with Gasteiger partial charge in [0.15, 0.2) is 6.10 Å². The largest absolute Gasteiger partial charge is 0.449 e. The molecule has 1 aromatic carbocycles. The smallest absolute Gasteiger partial charge is 0.338 e. The van der Waals surface area contributed by atoms with Gasteiger partial charge in [-0.1, -0.05) is 16.8 Å². The Morgan fingerprint density at radius 3 is 2.92 bits per heavy atom. The van der Waals surface area contributed by atoms with E-state index in [-0.39, 0.29) is 11.5 Å². The average Bonchev–Trinajstić information content (AvgIpc) is 3.08. The first-order valence-corrected chi connectivity index (χ1v) is 7.42. The standard InChI is InChI=1S/C16H13ClN4O3/c1-9(23-16(22)10-4-5-12(17)13(18)7-10)15-20-14(21-24-15)11-3-2-6-19-8-11/h2-9H,18H2,1H3. The van der Waals surface area contributed by atoms with Crippen LogP contribution in [-0.4, -0.2) is 21.1 Å². The number of hydrogen-bond donors (Lipinski definition) is 1. The number of nitrogens with zero attached hydrogens (tertiary/aromatic N) is 3. The molecule has 0 saturated heterocycles. The van der Waals surface area contributed by atoms with Gasteiger partial charge in [-0.15, -0.1) is 0 Å². The number of aromatic nitrogens is 3. The highest BCUT2D eigenvalue weighted by molar-refractivity contribution is 6.33. The van der Waals surface area contributed by atoms with Crippen LogP contribution in [0.2, 0.25) is 5.02 Å². The zero-order chi connectivity index (χ0) is 17.1.